The Morgan fingerprint density at radius 1 is 0.861 bits per heavy atom. The molecule has 1 fully saturated rings. The number of morpholine rings is 1. The SMILES string of the molecule is CCCCCCCCCCCCNC(=O)c1ccc(CN2C(=O)C(=O)OCC2c2ccccc2)cc1. The van der Waals surface area contributed by atoms with Crippen molar-refractivity contribution < 1.29 is 19.1 Å². The number of carbonyl (C=O) groups excluding carboxylic acids is 3. The van der Waals surface area contributed by atoms with Gasteiger partial charge in [0.2, 0.25) is 0 Å². The molecular weight excluding hydrogens is 452 g/mol. The number of hydrogen-bond donors (Lipinski definition) is 1. The number of benzene rings is 2. The maximum atomic E-state index is 12.6. The van der Waals surface area contributed by atoms with Crippen molar-refractivity contribution in [3.05, 3.63) is 71.3 Å². The number of ether oxygens (including phenoxy) is 1. The average Bonchev–Trinajstić information content (AvgIpc) is 2.91. The zero-order chi connectivity index (χ0) is 25.6. The molecule has 0 bridgehead atoms. The highest BCUT2D eigenvalue weighted by Gasteiger charge is 2.36. The Kier molecular flexibility index (Phi) is 11.5. The Morgan fingerprint density at radius 3 is 2.11 bits per heavy atom. The van der Waals surface area contributed by atoms with Crippen LogP contribution in [0, 0.1) is 0 Å². The molecule has 1 saturated heterocycles. The molecule has 2 aromatic rings. The van der Waals surface area contributed by atoms with Crippen LogP contribution in [-0.2, 0) is 20.9 Å². The fourth-order valence-electron chi connectivity index (χ4n) is 4.57. The molecular formula is C30H40N2O4. The summed E-state index contributed by atoms with van der Waals surface area (Å²) in [5, 5.41) is 3.00. The number of nitrogens with one attached hydrogen (secondary N) is 1. The highest BCUT2D eigenvalue weighted by molar-refractivity contribution is 6.32. The summed E-state index contributed by atoms with van der Waals surface area (Å²) in [5.41, 5.74) is 2.36. The predicted molar refractivity (Wildman–Crippen MR) is 141 cm³/mol. The molecule has 1 unspecified atom stereocenters. The number of nitrogens with zero attached hydrogens (tertiary/aromatic N) is 1. The van der Waals surface area contributed by atoms with Gasteiger partial charge in [-0.1, -0.05) is 107 Å². The molecule has 36 heavy (non-hydrogen) atoms. The monoisotopic (exact) mass is 492 g/mol. The number of cyclic esters (lactones) is 1. The summed E-state index contributed by atoms with van der Waals surface area (Å²) in [6.45, 7) is 3.33. The van der Waals surface area contributed by atoms with E-state index in [0.29, 0.717) is 12.1 Å². The number of unbranched alkanes of at least 4 members (excludes halogenated alkanes) is 9. The van der Waals surface area contributed by atoms with Crippen LogP contribution in [-0.4, -0.2) is 35.8 Å². The molecule has 6 heteroatoms. The number of carbonyl (C=O) groups is 3. The van der Waals surface area contributed by atoms with Crippen LogP contribution in [0.15, 0.2) is 54.6 Å². The smallest absolute Gasteiger partial charge is 0.397 e. The van der Waals surface area contributed by atoms with Gasteiger partial charge in [-0.05, 0) is 29.7 Å². The summed E-state index contributed by atoms with van der Waals surface area (Å²) in [6.07, 6.45) is 12.7. The molecule has 1 N–H and O–H groups in total. The number of amides is 2. The average molecular weight is 493 g/mol. The largest absolute Gasteiger partial charge is 0.456 e. The van der Waals surface area contributed by atoms with Crippen LogP contribution in [0.25, 0.3) is 0 Å². The van der Waals surface area contributed by atoms with E-state index in [1.807, 2.05) is 42.5 Å². The maximum absolute atomic E-state index is 12.6. The van der Waals surface area contributed by atoms with Gasteiger partial charge in [0, 0.05) is 18.7 Å². The minimum absolute atomic E-state index is 0.0859. The normalized spacial score (nSPS) is 15.6. The van der Waals surface area contributed by atoms with Crippen LogP contribution in [0.2, 0.25) is 0 Å². The zero-order valence-corrected chi connectivity index (χ0v) is 21.5. The van der Waals surface area contributed by atoms with Crippen molar-refractivity contribution in [2.45, 2.75) is 83.7 Å². The van der Waals surface area contributed by atoms with Gasteiger partial charge in [-0.2, -0.15) is 0 Å². The number of esters is 1. The second-order valence-electron chi connectivity index (χ2n) is 9.59. The molecule has 1 atom stereocenters. The Hall–Kier alpha value is -3.15. The summed E-state index contributed by atoms with van der Waals surface area (Å²) >= 11 is 0. The predicted octanol–water partition coefficient (Wildman–Crippen LogP) is 5.96. The third-order valence-electron chi connectivity index (χ3n) is 6.75. The lowest BCUT2D eigenvalue weighted by Crippen LogP contribution is -2.46. The van der Waals surface area contributed by atoms with Crippen LogP contribution < -0.4 is 5.32 Å². The van der Waals surface area contributed by atoms with Gasteiger partial charge in [-0.15, -0.1) is 0 Å². The van der Waals surface area contributed by atoms with E-state index in [-0.39, 0.29) is 25.1 Å². The summed E-state index contributed by atoms with van der Waals surface area (Å²) in [7, 11) is 0. The Balaban J connectivity index is 1.41. The van der Waals surface area contributed by atoms with Crippen molar-refractivity contribution in [3.63, 3.8) is 0 Å². The van der Waals surface area contributed by atoms with E-state index in [2.05, 4.69) is 12.2 Å². The number of hydrogen-bond acceptors (Lipinski definition) is 4. The topological polar surface area (TPSA) is 75.7 Å². The summed E-state index contributed by atoms with van der Waals surface area (Å²) in [4.78, 5) is 38.5. The van der Waals surface area contributed by atoms with Crippen molar-refractivity contribution in [1.82, 2.24) is 10.2 Å². The molecule has 1 aliphatic rings. The lowest BCUT2D eigenvalue weighted by atomic mass is 10.0. The first-order valence-corrected chi connectivity index (χ1v) is 13.5. The van der Waals surface area contributed by atoms with Crippen LogP contribution in [0.1, 0.15) is 98.7 Å². The van der Waals surface area contributed by atoms with Gasteiger partial charge in [-0.25, -0.2) is 4.79 Å². The Morgan fingerprint density at radius 2 is 1.47 bits per heavy atom. The van der Waals surface area contributed by atoms with E-state index in [0.717, 1.165) is 24.0 Å². The second-order valence-corrected chi connectivity index (χ2v) is 9.59. The minimum Gasteiger partial charge on any atom is -0.456 e. The van der Waals surface area contributed by atoms with Gasteiger partial charge in [0.15, 0.2) is 0 Å². The lowest BCUT2D eigenvalue weighted by molar-refractivity contribution is -0.171. The molecule has 0 spiro atoms. The van der Waals surface area contributed by atoms with Crippen molar-refractivity contribution in [2.24, 2.45) is 0 Å². The molecule has 194 valence electrons. The van der Waals surface area contributed by atoms with Crippen LogP contribution in [0.4, 0.5) is 0 Å². The molecule has 2 amide bonds. The molecule has 6 nitrogen and oxygen atoms in total. The van der Waals surface area contributed by atoms with Gasteiger partial charge in [0.25, 0.3) is 5.91 Å². The van der Waals surface area contributed by atoms with E-state index in [9.17, 15) is 14.4 Å². The molecule has 0 radical (unpaired) electrons. The van der Waals surface area contributed by atoms with Crippen LogP contribution in [0.3, 0.4) is 0 Å². The molecule has 0 aliphatic carbocycles. The van der Waals surface area contributed by atoms with Gasteiger partial charge in [-0.3, -0.25) is 9.59 Å². The zero-order valence-electron chi connectivity index (χ0n) is 21.5. The first-order chi connectivity index (χ1) is 17.6. The lowest BCUT2D eigenvalue weighted by Gasteiger charge is -2.34. The highest BCUT2D eigenvalue weighted by atomic mass is 16.5. The second kappa shape index (κ2) is 15.1. The maximum Gasteiger partial charge on any atom is 0.397 e. The minimum atomic E-state index is -0.829. The molecule has 1 aliphatic heterocycles. The molecule has 0 aromatic heterocycles. The molecule has 1 heterocycles. The van der Waals surface area contributed by atoms with E-state index in [1.54, 1.807) is 17.0 Å². The molecule has 2 aromatic carbocycles. The van der Waals surface area contributed by atoms with E-state index in [4.69, 9.17) is 4.74 Å². The summed E-state index contributed by atoms with van der Waals surface area (Å²) < 4.78 is 5.08. The van der Waals surface area contributed by atoms with Crippen LogP contribution >= 0.6 is 0 Å². The molecule has 0 saturated carbocycles. The van der Waals surface area contributed by atoms with Gasteiger partial charge >= 0.3 is 11.9 Å². The van der Waals surface area contributed by atoms with Crippen molar-refractivity contribution in [1.29, 1.82) is 0 Å². The fourth-order valence-corrected chi connectivity index (χ4v) is 4.57. The third kappa shape index (κ3) is 8.51. The quantitative estimate of drug-likeness (QED) is 0.189. The summed E-state index contributed by atoms with van der Waals surface area (Å²) in [5.74, 6) is -1.56. The van der Waals surface area contributed by atoms with Gasteiger partial charge in [0.05, 0.1) is 6.04 Å². The van der Waals surface area contributed by atoms with E-state index >= 15 is 0 Å². The highest BCUT2D eigenvalue weighted by Crippen LogP contribution is 2.27. The van der Waals surface area contributed by atoms with Gasteiger partial charge < -0.3 is 15.0 Å². The standard InChI is InChI=1S/C30H40N2O4/c1-2-3-4-5-6-7-8-9-10-14-21-31-28(33)26-19-17-24(18-20-26)22-32-27(23-36-30(35)29(32)34)25-15-12-11-13-16-25/h11-13,15-20,27H,2-10,14,21-23H2,1H3,(H,31,33). The third-order valence-corrected chi connectivity index (χ3v) is 6.75. The first kappa shape index (κ1) is 27.4. The molecule has 3 rings (SSSR count). The van der Waals surface area contributed by atoms with E-state index < -0.39 is 11.9 Å². The fraction of sp³-hybridized carbons (Fsp3) is 0.500. The van der Waals surface area contributed by atoms with E-state index in [1.165, 1.54) is 51.4 Å². The Bertz CT molecular complexity index is 959. The van der Waals surface area contributed by atoms with Crippen LogP contribution in [0.5, 0.6) is 0 Å². The first-order valence-electron chi connectivity index (χ1n) is 13.5. The Labute approximate surface area is 215 Å². The van der Waals surface area contributed by atoms with Crippen molar-refractivity contribution >= 4 is 17.8 Å². The van der Waals surface area contributed by atoms with Gasteiger partial charge in [0.1, 0.15) is 6.61 Å². The van der Waals surface area contributed by atoms with Crippen molar-refractivity contribution in [2.75, 3.05) is 13.2 Å². The van der Waals surface area contributed by atoms with Crippen molar-refractivity contribution in [3.8, 4) is 0 Å². The number of rotatable bonds is 15. The summed E-state index contributed by atoms with van der Waals surface area (Å²) in [6, 6.07) is 16.4.